The van der Waals surface area contributed by atoms with Gasteiger partial charge in [0.05, 0.1) is 7.11 Å². The van der Waals surface area contributed by atoms with Crippen molar-refractivity contribution in [2.24, 2.45) is 0 Å². The summed E-state index contributed by atoms with van der Waals surface area (Å²) in [6.07, 6.45) is 0.930. The normalized spacial score (nSPS) is 12.3. The minimum absolute atomic E-state index is 0.303. The Labute approximate surface area is 143 Å². The molecule has 1 aromatic rings. The Morgan fingerprint density at radius 2 is 1.79 bits per heavy atom. The van der Waals surface area contributed by atoms with Crippen molar-refractivity contribution < 1.29 is 19.1 Å². The number of nitrogens with one attached hydrogen (secondary N) is 2. The average molecular weight is 336 g/mol. The lowest BCUT2D eigenvalue weighted by molar-refractivity contribution is -0.143. The van der Waals surface area contributed by atoms with E-state index < -0.39 is 17.7 Å². The van der Waals surface area contributed by atoms with Crippen molar-refractivity contribution in [2.75, 3.05) is 20.2 Å². The highest BCUT2D eigenvalue weighted by Gasteiger charge is 2.19. The van der Waals surface area contributed by atoms with Crippen LogP contribution in [0.2, 0.25) is 0 Å². The van der Waals surface area contributed by atoms with Gasteiger partial charge in [0.15, 0.2) is 0 Å². The Morgan fingerprint density at radius 3 is 2.38 bits per heavy atom. The smallest absolute Gasteiger partial charge is 0.407 e. The summed E-state index contributed by atoms with van der Waals surface area (Å²) in [5.74, 6) is -0.303. The fraction of sp³-hybridized carbons (Fsp3) is 0.556. The van der Waals surface area contributed by atoms with Crippen molar-refractivity contribution >= 4 is 12.1 Å². The number of carbonyl (C=O) groups is 2. The molecule has 6 nitrogen and oxygen atoms in total. The molecule has 0 unspecified atom stereocenters. The van der Waals surface area contributed by atoms with Gasteiger partial charge in [0.2, 0.25) is 0 Å². The highest BCUT2D eigenvalue weighted by molar-refractivity contribution is 5.75. The van der Waals surface area contributed by atoms with Crippen molar-refractivity contribution in [3.63, 3.8) is 0 Å². The van der Waals surface area contributed by atoms with Crippen LogP contribution in [0.5, 0.6) is 0 Å². The van der Waals surface area contributed by atoms with Crippen LogP contribution in [0.15, 0.2) is 30.3 Å². The van der Waals surface area contributed by atoms with E-state index in [9.17, 15) is 9.59 Å². The number of hydrogen-bond donors (Lipinski definition) is 2. The molecular weight excluding hydrogens is 308 g/mol. The molecule has 0 fully saturated rings. The summed E-state index contributed by atoms with van der Waals surface area (Å²) in [6, 6.07) is 9.55. The maximum atomic E-state index is 11.9. The minimum Gasteiger partial charge on any atom is -0.468 e. The van der Waals surface area contributed by atoms with E-state index in [0.29, 0.717) is 19.5 Å². The van der Waals surface area contributed by atoms with Gasteiger partial charge in [-0.1, -0.05) is 30.3 Å². The van der Waals surface area contributed by atoms with Crippen molar-refractivity contribution in [1.82, 2.24) is 10.6 Å². The van der Waals surface area contributed by atoms with Crippen molar-refractivity contribution in [2.45, 2.75) is 45.3 Å². The highest BCUT2D eigenvalue weighted by Crippen LogP contribution is 2.07. The van der Waals surface area contributed by atoms with Gasteiger partial charge in [0.1, 0.15) is 11.6 Å². The Bertz CT molecular complexity index is 512. The van der Waals surface area contributed by atoms with Crippen LogP contribution in [-0.4, -0.2) is 43.9 Å². The Balaban J connectivity index is 2.35. The minimum atomic E-state index is -0.526. The largest absolute Gasteiger partial charge is 0.468 e. The Morgan fingerprint density at radius 1 is 1.12 bits per heavy atom. The summed E-state index contributed by atoms with van der Waals surface area (Å²) in [7, 11) is 1.37. The maximum absolute atomic E-state index is 11.9. The standard InChI is InChI=1S/C18H28N2O4/c1-18(2,3)24-17(22)20-13-12-19-15(16(21)23-4)11-10-14-8-6-5-7-9-14/h5-9,15,19H,10-13H2,1-4H3,(H,20,22)/t15-/m1/s1. The van der Waals surface area contributed by atoms with Crippen molar-refractivity contribution in [1.29, 1.82) is 0 Å². The lowest BCUT2D eigenvalue weighted by atomic mass is 10.1. The van der Waals surface area contributed by atoms with Gasteiger partial charge < -0.3 is 20.1 Å². The summed E-state index contributed by atoms with van der Waals surface area (Å²) in [4.78, 5) is 23.4. The zero-order valence-electron chi connectivity index (χ0n) is 14.9. The molecule has 0 aliphatic heterocycles. The van der Waals surface area contributed by atoms with Crippen molar-refractivity contribution in [3.05, 3.63) is 35.9 Å². The van der Waals surface area contributed by atoms with E-state index in [4.69, 9.17) is 9.47 Å². The zero-order valence-corrected chi connectivity index (χ0v) is 14.9. The van der Waals surface area contributed by atoms with Crippen LogP contribution in [0.25, 0.3) is 0 Å². The van der Waals surface area contributed by atoms with E-state index in [0.717, 1.165) is 6.42 Å². The van der Waals surface area contributed by atoms with E-state index in [-0.39, 0.29) is 5.97 Å². The maximum Gasteiger partial charge on any atom is 0.407 e. The van der Waals surface area contributed by atoms with E-state index in [2.05, 4.69) is 10.6 Å². The van der Waals surface area contributed by atoms with Crippen molar-refractivity contribution in [3.8, 4) is 0 Å². The molecule has 0 spiro atoms. The highest BCUT2D eigenvalue weighted by atomic mass is 16.6. The molecule has 0 heterocycles. The lowest BCUT2D eigenvalue weighted by Gasteiger charge is -2.20. The number of hydrogen-bond acceptors (Lipinski definition) is 5. The van der Waals surface area contributed by atoms with Gasteiger partial charge in [-0.3, -0.25) is 4.79 Å². The summed E-state index contributed by atoms with van der Waals surface area (Å²) < 4.78 is 9.98. The number of ether oxygens (including phenoxy) is 2. The van der Waals surface area contributed by atoms with Gasteiger partial charge in [-0.15, -0.1) is 0 Å². The van der Waals surface area contributed by atoms with Crippen LogP contribution in [-0.2, 0) is 20.7 Å². The number of aryl methyl sites for hydroxylation is 1. The molecule has 1 amide bonds. The van der Waals surface area contributed by atoms with Gasteiger partial charge in [-0.05, 0) is 39.2 Å². The van der Waals surface area contributed by atoms with E-state index >= 15 is 0 Å². The fourth-order valence-corrected chi connectivity index (χ4v) is 2.13. The average Bonchev–Trinajstić information content (AvgIpc) is 2.52. The van der Waals surface area contributed by atoms with Crippen LogP contribution in [0.4, 0.5) is 4.79 Å². The summed E-state index contributed by atoms with van der Waals surface area (Å²) in [5, 5.41) is 5.76. The topological polar surface area (TPSA) is 76.7 Å². The molecule has 0 bridgehead atoms. The zero-order chi connectivity index (χ0) is 18.0. The van der Waals surface area contributed by atoms with Crippen LogP contribution >= 0.6 is 0 Å². The number of methoxy groups -OCH3 is 1. The van der Waals surface area contributed by atoms with E-state index in [1.165, 1.54) is 12.7 Å². The molecule has 0 aliphatic rings. The fourth-order valence-electron chi connectivity index (χ4n) is 2.13. The first-order valence-electron chi connectivity index (χ1n) is 8.14. The lowest BCUT2D eigenvalue weighted by Crippen LogP contribution is -2.43. The third-order valence-electron chi connectivity index (χ3n) is 3.23. The van der Waals surface area contributed by atoms with Gasteiger partial charge in [0, 0.05) is 13.1 Å². The second kappa shape index (κ2) is 9.93. The Kier molecular flexibility index (Phi) is 8.26. The molecule has 134 valence electrons. The SMILES string of the molecule is COC(=O)[C@@H](CCc1ccccc1)NCCNC(=O)OC(C)(C)C. The van der Waals surface area contributed by atoms with Crippen LogP contribution < -0.4 is 10.6 Å². The van der Waals surface area contributed by atoms with E-state index in [1.54, 1.807) is 0 Å². The number of rotatable bonds is 8. The number of alkyl carbamates (subject to hydrolysis) is 1. The number of benzene rings is 1. The molecule has 1 atom stereocenters. The molecule has 6 heteroatoms. The second-order valence-corrected chi connectivity index (χ2v) is 6.48. The third-order valence-corrected chi connectivity index (χ3v) is 3.23. The van der Waals surface area contributed by atoms with Gasteiger partial charge in [-0.25, -0.2) is 4.79 Å². The Hall–Kier alpha value is -2.08. The van der Waals surface area contributed by atoms with Gasteiger partial charge in [-0.2, -0.15) is 0 Å². The third kappa shape index (κ3) is 8.53. The molecule has 0 saturated heterocycles. The number of amides is 1. The monoisotopic (exact) mass is 336 g/mol. The van der Waals surface area contributed by atoms with E-state index in [1.807, 2.05) is 51.1 Å². The van der Waals surface area contributed by atoms with Gasteiger partial charge >= 0.3 is 12.1 Å². The van der Waals surface area contributed by atoms with Crippen LogP contribution in [0, 0.1) is 0 Å². The predicted molar refractivity (Wildman–Crippen MR) is 92.8 cm³/mol. The molecule has 0 saturated carbocycles. The molecule has 0 radical (unpaired) electrons. The summed E-state index contributed by atoms with van der Waals surface area (Å²) in [6.45, 7) is 6.24. The summed E-state index contributed by atoms with van der Waals surface area (Å²) in [5.41, 5.74) is 0.641. The molecule has 0 aliphatic carbocycles. The first-order chi connectivity index (χ1) is 11.3. The molecule has 1 rings (SSSR count). The summed E-state index contributed by atoms with van der Waals surface area (Å²) >= 11 is 0. The second-order valence-electron chi connectivity index (χ2n) is 6.48. The molecule has 2 N–H and O–H groups in total. The number of esters is 1. The molecule has 24 heavy (non-hydrogen) atoms. The van der Waals surface area contributed by atoms with Crippen LogP contribution in [0.3, 0.4) is 0 Å². The molecule has 0 aromatic heterocycles. The predicted octanol–water partition coefficient (Wildman–Crippen LogP) is 2.28. The molecular formula is C18H28N2O4. The van der Waals surface area contributed by atoms with Crippen LogP contribution in [0.1, 0.15) is 32.8 Å². The quantitative estimate of drug-likeness (QED) is 0.562. The number of carbonyl (C=O) groups excluding carboxylic acids is 2. The molecule has 1 aromatic carbocycles. The van der Waals surface area contributed by atoms with Gasteiger partial charge in [0.25, 0.3) is 0 Å². The first-order valence-corrected chi connectivity index (χ1v) is 8.14. The first kappa shape index (κ1) is 20.0.